The Labute approximate surface area is 206 Å². The normalized spacial score (nSPS) is 13.3. The lowest BCUT2D eigenvalue weighted by atomic mass is 10.0. The molecule has 0 saturated heterocycles. The summed E-state index contributed by atoms with van der Waals surface area (Å²) in [6.07, 6.45) is 1.58. The average molecular weight is 477 g/mol. The maximum atomic E-state index is 10.7. The summed E-state index contributed by atoms with van der Waals surface area (Å²) in [5.41, 5.74) is 5.76. The monoisotopic (exact) mass is 476 g/mol. The highest BCUT2D eigenvalue weighted by atomic mass is 16.5. The number of benzene rings is 2. The first-order valence-corrected chi connectivity index (χ1v) is 11.9. The van der Waals surface area contributed by atoms with Gasteiger partial charge in [-0.1, -0.05) is 42.5 Å². The summed E-state index contributed by atoms with van der Waals surface area (Å²) >= 11 is 0. The quantitative estimate of drug-likeness (QED) is 0.391. The molecule has 0 fully saturated rings. The number of carboxylic acids is 1. The number of hydrogen-bond acceptors (Lipinski definition) is 6. The van der Waals surface area contributed by atoms with Gasteiger partial charge in [0.05, 0.1) is 12.3 Å². The molecule has 1 aliphatic heterocycles. The van der Waals surface area contributed by atoms with Crippen LogP contribution in [-0.2, 0) is 42.1 Å². The second-order valence-corrected chi connectivity index (χ2v) is 8.70. The van der Waals surface area contributed by atoms with Crippen molar-refractivity contribution in [2.24, 2.45) is 0 Å². The van der Waals surface area contributed by atoms with Crippen molar-refractivity contribution in [3.05, 3.63) is 88.6 Å². The first kappa shape index (κ1) is 24.7. The number of nitrogens with zero attached hydrogens (tertiary/aromatic N) is 2. The van der Waals surface area contributed by atoms with Crippen LogP contribution in [0.4, 0.5) is 0 Å². The number of aliphatic carboxylic acids is 1. The lowest BCUT2D eigenvalue weighted by Gasteiger charge is -2.28. The molecule has 2 aromatic carbocycles. The van der Waals surface area contributed by atoms with Crippen LogP contribution in [-0.4, -0.2) is 47.8 Å². The van der Waals surface area contributed by atoms with Crippen LogP contribution in [0.2, 0.25) is 0 Å². The van der Waals surface area contributed by atoms with E-state index in [-0.39, 0.29) is 6.42 Å². The third-order valence-corrected chi connectivity index (χ3v) is 6.02. The smallest absolute Gasteiger partial charge is 0.303 e. The van der Waals surface area contributed by atoms with Gasteiger partial charge in [0.15, 0.2) is 0 Å². The molecule has 0 unspecified atom stereocenters. The first-order chi connectivity index (χ1) is 17.1. The van der Waals surface area contributed by atoms with E-state index in [0.717, 1.165) is 48.6 Å². The van der Waals surface area contributed by atoms with Crippen LogP contribution in [0.3, 0.4) is 0 Å². The molecular weight excluding hydrogens is 444 g/mol. The Hall–Kier alpha value is -3.42. The Morgan fingerprint density at radius 3 is 2.43 bits per heavy atom. The Kier molecular flexibility index (Phi) is 8.70. The summed E-state index contributed by atoms with van der Waals surface area (Å²) in [7, 11) is 1.66. The van der Waals surface area contributed by atoms with Gasteiger partial charge < -0.3 is 19.3 Å². The summed E-state index contributed by atoms with van der Waals surface area (Å²) in [6, 6.07) is 20.2. The van der Waals surface area contributed by atoms with Gasteiger partial charge in [-0.3, -0.25) is 9.69 Å². The summed E-state index contributed by atoms with van der Waals surface area (Å²) in [5.74, 6) is 0.663. The predicted octanol–water partition coefficient (Wildman–Crippen LogP) is 4.26. The number of ether oxygens (including phenoxy) is 3. The molecule has 0 aliphatic carbocycles. The lowest BCUT2D eigenvalue weighted by molar-refractivity contribution is -0.136. The minimum absolute atomic E-state index is 0.137. The molecule has 7 heteroatoms. The zero-order valence-corrected chi connectivity index (χ0v) is 20.1. The second kappa shape index (κ2) is 12.3. The van der Waals surface area contributed by atoms with Crippen LogP contribution in [0.15, 0.2) is 60.7 Å². The summed E-state index contributed by atoms with van der Waals surface area (Å²) < 4.78 is 16.6. The fourth-order valence-corrected chi connectivity index (χ4v) is 4.07. The van der Waals surface area contributed by atoms with Crippen molar-refractivity contribution in [3.8, 4) is 11.6 Å². The minimum Gasteiger partial charge on any atom is -0.489 e. The highest BCUT2D eigenvalue weighted by Gasteiger charge is 2.18. The Morgan fingerprint density at radius 1 is 0.943 bits per heavy atom. The number of aryl methyl sites for hydroxylation is 1. The molecule has 2 heterocycles. The predicted molar refractivity (Wildman–Crippen MR) is 133 cm³/mol. The zero-order chi connectivity index (χ0) is 24.5. The van der Waals surface area contributed by atoms with Crippen molar-refractivity contribution in [3.63, 3.8) is 0 Å². The molecule has 0 spiro atoms. The van der Waals surface area contributed by atoms with E-state index in [1.54, 1.807) is 7.11 Å². The van der Waals surface area contributed by atoms with Gasteiger partial charge in [0.2, 0.25) is 5.88 Å². The lowest BCUT2D eigenvalue weighted by Crippen LogP contribution is -2.30. The highest BCUT2D eigenvalue weighted by molar-refractivity contribution is 5.67. The molecule has 0 atom stereocenters. The van der Waals surface area contributed by atoms with Gasteiger partial charge in [0.1, 0.15) is 19.0 Å². The number of carbonyl (C=O) groups is 1. The molecule has 1 aromatic heterocycles. The second-order valence-electron chi connectivity index (χ2n) is 8.70. The van der Waals surface area contributed by atoms with Gasteiger partial charge in [-0.25, -0.2) is 4.98 Å². The largest absolute Gasteiger partial charge is 0.489 e. The van der Waals surface area contributed by atoms with Crippen LogP contribution < -0.4 is 9.47 Å². The number of aromatic nitrogens is 1. The molecule has 184 valence electrons. The van der Waals surface area contributed by atoms with Gasteiger partial charge >= 0.3 is 5.97 Å². The Morgan fingerprint density at radius 2 is 1.69 bits per heavy atom. The van der Waals surface area contributed by atoms with Crippen LogP contribution in [0.25, 0.3) is 0 Å². The number of methoxy groups -OCH3 is 1. The van der Waals surface area contributed by atoms with Gasteiger partial charge in [-0.05, 0) is 40.8 Å². The summed E-state index contributed by atoms with van der Waals surface area (Å²) in [4.78, 5) is 17.8. The highest BCUT2D eigenvalue weighted by Crippen LogP contribution is 2.22. The Bertz CT molecular complexity index is 1100. The van der Waals surface area contributed by atoms with Crippen molar-refractivity contribution in [1.82, 2.24) is 9.88 Å². The zero-order valence-electron chi connectivity index (χ0n) is 20.1. The van der Waals surface area contributed by atoms with Gasteiger partial charge in [-0.2, -0.15) is 0 Å². The van der Waals surface area contributed by atoms with Crippen molar-refractivity contribution in [2.75, 3.05) is 26.9 Å². The molecule has 0 saturated carbocycles. The van der Waals surface area contributed by atoms with E-state index in [9.17, 15) is 4.79 Å². The van der Waals surface area contributed by atoms with Crippen molar-refractivity contribution in [1.29, 1.82) is 0 Å². The van der Waals surface area contributed by atoms with E-state index in [1.807, 2.05) is 30.3 Å². The topological polar surface area (TPSA) is 81.1 Å². The first-order valence-electron chi connectivity index (χ1n) is 11.9. The molecule has 3 aromatic rings. The summed E-state index contributed by atoms with van der Waals surface area (Å²) in [6.45, 7) is 4.30. The van der Waals surface area contributed by atoms with E-state index in [1.165, 1.54) is 11.1 Å². The van der Waals surface area contributed by atoms with Crippen LogP contribution in [0.1, 0.15) is 34.4 Å². The van der Waals surface area contributed by atoms with Gasteiger partial charge in [-0.15, -0.1) is 0 Å². The third kappa shape index (κ3) is 7.53. The van der Waals surface area contributed by atoms with E-state index in [0.29, 0.717) is 32.1 Å². The number of carboxylic acid groups (broad SMARTS) is 1. The van der Waals surface area contributed by atoms with E-state index in [4.69, 9.17) is 19.3 Å². The van der Waals surface area contributed by atoms with Crippen molar-refractivity contribution < 1.29 is 24.1 Å². The fraction of sp³-hybridized carbons (Fsp3) is 0.357. The molecule has 7 nitrogen and oxygen atoms in total. The molecule has 1 aliphatic rings. The van der Waals surface area contributed by atoms with E-state index < -0.39 is 5.97 Å². The maximum Gasteiger partial charge on any atom is 0.303 e. The molecule has 0 bridgehead atoms. The average Bonchev–Trinajstić information content (AvgIpc) is 2.88. The summed E-state index contributed by atoms with van der Waals surface area (Å²) in [5, 5.41) is 8.79. The number of fused-ring (bicyclic) bond motifs is 1. The number of pyridine rings is 1. The SMILES string of the molecule is COCCOc1ccc2c(n1)CCN(Cc1ccc(COc3ccc(CCC(=O)O)cc3)cc1)C2. The van der Waals surface area contributed by atoms with Crippen LogP contribution in [0.5, 0.6) is 11.6 Å². The van der Waals surface area contributed by atoms with Gasteiger partial charge in [0, 0.05) is 45.7 Å². The van der Waals surface area contributed by atoms with Crippen LogP contribution >= 0.6 is 0 Å². The fourth-order valence-electron chi connectivity index (χ4n) is 4.07. The molecule has 4 rings (SSSR count). The molecule has 35 heavy (non-hydrogen) atoms. The number of rotatable bonds is 12. The minimum atomic E-state index is -0.783. The van der Waals surface area contributed by atoms with Gasteiger partial charge in [0.25, 0.3) is 0 Å². The van der Waals surface area contributed by atoms with Crippen molar-refractivity contribution >= 4 is 5.97 Å². The molecule has 0 amide bonds. The van der Waals surface area contributed by atoms with E-state index in [2.05, 4.69) is 40.2 Å². The third-order valence-electron chi connectivity index (χ3n) is 6.02. The molecular formula is C28H32N2O5. The standard InChI is InChI=1S/C28H32N2O5/c1-33-16-17-34-27-12-9-24-19-30(15-14-26(24)29-27)18-22-2-4-23(5-3-22)20-35-25-10-6-21(7-11-25)8-13-28(31)32/h2-7,9-12H,8,13-20H2,1H3,(H,31,32). The molecule has 1 N–H and O–H groups in total. The van der Waals surface area contributed by atoms with E-state index >= 15 is 0 Å². The number of hydrogen-bond donors (Lipinski definition) is 1. The van der Waals surface area contributed by atoms with Crippen LogP contribution in [0, 0.1) is 0 Å². The Balaban J connectivity index is 1.24. The van der Waals surface area contributed by atoms with Crippen molar-refractivity contribution in [2.45, 2.75) is 39.0 Å². The maximum absolute atomic E-state index is 10.7. The molecule has 0 radical (unpaired) electrons.